The Labute approximate surface area is 139 Å². The predicted octanol–water partition coefficient (Wildman–Crippen LogP) is 2.51. The minimum Gasteiger partial charge on any atom is -0.356 e. The van der Waals surface area contributed by atoms with Gasteiger partial charge in [-0.3, -0.25) is 4.90 Å². The van der Waals surface area contributed by atoms with Crippen molar-refractivity contribution < 1.29 is 0 Å². The molecule has 1 aromatic heterocycles. The van der Waals surface area contributed by atoms with Crippen molar-refractivity contribution in [3.63, 3.8) is 0 Å². The fourth-order valence-corrected chi connectivity index (χ4v) is 3.43. The zero-order valence-electron chi connectivity index (χ0n) is 14.4. The van der Waals surface area contributed by atoms with Crippen molar-refractivity contribution in [1.82, 2.24) is 20.1 Å². The topological polar surface area (TPSA) is 58.1 Å². The molecule has 1 fully saturated rings. The maximum atomic E-state index is 9.20. The van der Waals surface area contributed by atoms with Gasteiger partial charge in [0.15, 0.2) is 0 Å². The minimum absolute atomic E-state index is 0.229. The van der Waals surface area contributed by atoms with Crippen molar-refractivity contribution in [3.8, 4) is 6.07 Å². The maximum absolute atomic E-state index is 9.20. The number of hydrogen-bond acceptors (Lipinski definition) is 4. The summed E-state index contributed by atoms with van der Waals surface area (Å²) in [6, 6.07) is 4.50. The van der Waals surface area contributed by atoms with E-state index >= 15 is 0 Å². The Bertz CT molecular complexity index is 610. The van der Waals surface area contributed by atoms with Crippen LogP contribution in [-0.2, 0) is 0 Å². The zero-order valence-corrected chi connectivity index (χ0v) is 14.4. The molecule has 0 saturated carbocycles. The van der Waals surface area contributed by atoms with E-state index in [1.165, 1.54) is 5.69 Å². The van der Waals surface area contributed by atoms with Crippen LogP contribution in [0, 0.1) is 16.7 Å². The van der Waals surface area contributed by atoms with Crippen LogP contribution in [0.15, 0.2) is 12.3 Å². The number of nitrogens with zero attached hydrogens (tertiary/aromatic N) is 3. The Kier molecular flexibility index (Phi) is 4.47. The molecular weight excluding hydrogens is 286 g/mol. The van der Waals surface area contributed by atoms with E-state index < -0.39 is 0 Å². The van der Waals surface area contributed by atoms with Gasteiger partial charge in [0.25, 0.3) is 0 Å². The quantitative estimate of drug-likeness (QED) is 0.900. The van der Waals surface area contributed by atoms with Crippen molar-refractivity contribution in [2.75, 3.05) is 32.8 Å². The normalized spacial score (nSPS) is 22.0. The fourth-order valence-electron chi connectivity index (χ4n) is 3.43. The summed E-state index contributed by atoms with van der Waals surface area (Å²) in [5.41, 5.74) is 3.23. The highest BCUT2D eigenvalue weighted by molar-refractivity contribution is 5.58. The molecule has 1 unspecified atom stereocenters. The third-order valence-electron chi connectivity index (χ3n) is 4.56. The van der Waals surface area contributed by atoms with E-state index in [0.29, 0.717) is 11.7 Å². The highest BCUT2D eigenvalue weighted by atomic mass is 15.3. The first kappa shape index (κ1) is 16.1. The molecule has 1 atom stereocenters. The fraction of sp³-hybridized carbons (Fsp3) is 0.611. The average molecular weight is 313 g/mol. The first-order valence-electron chi connectivity index (χ1n) is 8.46. The van der Waals surface area contributed by atoms with E-state index in [-0.39, 0.29) is 5.41 Å². The van der Waals surface area contributed by atoms with Gasteiger partial charge in [-0.05, 0) is 24.0 Å². The standard InChI is InChI=1S/C18H27N5/c1-18(2,3)11-16-17-14(10-15(12-19)21-17)4-7-23(16)13-22-8-5-20-6-9-22/h4,7,10,16,20-21H,5-6,8-9,11,13H2,1-3H3. The molecule has 23 heavy (non-hydrogen) atoms. The van der Waals surface area contributed by atoms with Crippen molar-refractivity contribution in [2.24, 2.45) is 5.41 Å². The van der Waals surface area contributed by atoms with Crippen LogP contribution in [0.3, 0.4) is 0 Å². The number of rotatable bonds is 3. The number of piperazine rings is 1. The van der Waals surface area contributed by atoms with Crippen molar-refractivity contribution in [2.45, 2.75) is 33.2 Å². The third-order valence-corrected chi connectivity index (χ3v) is 4.56. The lowest BCUT2D eigenvalue weighted by atomic mass is 9.85. The molecule has 0 spiro atoms. The Hall–Kier alpha value is -1.77. The van der Waals surface area contributed by atoms with Crippen LogP contribution in [0.1, 0.15) is 50.2 Å². The summed E-state index contributed by atoms with van der Waals surface area (Å²) < 4.78 is 0. The molecule has 2 aliphatic heterocycles. The van der Waals surface area contributed by atoms with E-state index in [2.05, 4.69) is 59.2 Å². The first-order valence-corrected chi connectivity index (χ1v) is 8.46. The monoisotopic (exact) mass is 313 g/mol. The van der Waals surface area contributed by atoms with Gasteiger partial charge in [-0.1, -0.05) is 20.8 Å². The summed E-state index contributed by atoms with van der Waals surface area (Å²) in [6.07, 6.45) is 5.39. The van der Waals surface area contributed by atoms with Gasteiger partial charge in [0.2, 0.25) is 0 Å². The summed E-state index contributed by atoms with van der Waals surface area (Å²) in [4.78, 5) is 8.26. The number of fused-ring (bicyclic) bond motifs is 1. The van der Waals surface area contributed by atoms with Gasteiger partial charge in [0.1, 0.15) is 11.8 Å². The number of hydrogen-bond donors (Lipinski definition) is 2. The molecule has 0 aromatic carbocycles. The highest BCUT2D eigenvalue weighted by Gasteiger charge is 2.30. The molecule has 2 aliphatic rings. The highest BCUT2D eigenvalue weighted by Crippen LogP contribution is 2.38. The van der Waals surface area contributed by atoms with Gasteiger partial charge < -0.3 is 15.2 Å². The van der Waals surface area contributed by atoms with E-state index in [9.17, 15) is 5.26 Å². The van der Waals surface area contributed by atoms with Gasteiger partial charge in [0, 0.05) is 43.6 Å². The van der Waals surface area contributed by atoms with E-state index in [0.717, 1.165) is 44.8 Å². The van der Waals surface area contributed by atoms with Crippen LogP contribution < -0.4 is 5.32 Å². The van der Waals surface area contributed by atoms with E-state index in [1.807, 2.05) is 6.07 Å². The number of nitriles is 1. The van der Waals surface area contributed by atoms with Crippen LogP contribution in [-0.4, -0.2) is 47.6 Å². The summed E-state index contributed by atoms with van der Waals surface area (Å²) >= 11 is 0. The lowest BCUT2D eigenvalue weighted by Gasteiger charge is -2.41. The summed E-state index contributed by atoms with van der Waals surface area (Å²) in [7, 11) is 0. The SMILES string of the molecule is CC(C)(C)CC1c2[nH]c(C#N)cc2C=CN1CN1CCNCC1. The Morgan fingerprint density at radius 1 is 1.30 bits per heavy atom. The summed E-state index contributed by atoms with van der Waals surface area (Å²) in [5.74, 6) is 0. The molecule has 0 aliphatic carbocycles. The Balaban J connectivity index is 1.84. The first-order chi connectivity index (χ1) is 11.0. The smallest absolute Gasteiger partial charge is 0.118 e. The molecule has 2 N–H and O–H groups in total. The van der Waals surface area contributed by atoms with Gasteiger partial charge in [0.05, 0.1) is 12.7 Å². The largest absolute Gasteiger partial charge is 0.356 e. The molecule has 0 radical (unpaired) electrons. The molecule has 124 valence electrons. The zero-order chi connectivity index (χ0) is 16.4. The van der Waals surface area contributed by atoms with Gasteiger partial charge in [-0.2, -0.15) is 5.26 Å². The third kappa shape index (κ3) is 3.77. The average Bonchev–Trinajstić information content (AvgIpc) is 2.93. The van der Waals surface area contributed by atoms with Gasteiger partial charge in [-0.15, -0.1) is 0 Å². The lowest BCUT2D eigenvalue weighted by molar-refractivity contribution is 0.101. The van der Waals surface area contributed by atoms with Crippen LogP contribution in [0.4, 0.5) is 0 Å². The summed E-state index contributed by atoms with van der Waals surface area (Å²) in [6.45, 7) is 12.1. The Morgan fingerprint density at radius 2 is 2.04 bits per heavy atom. The number of aromatic amines is 1. The molecular formula is C18H27N5. The second-order valence-corrected chi connectivity index (χ2v) is 7.78. The molecule has 5 nitrogen and oxygen atoms in total. The Morgan fingerprint density at radius 3 is 2.70 bits per heavy atom. The molecule has 1 aromatic rings. The van der Waals surface area contributed by atoms with Crippen molar-refractivity contribution in [3.05, 3.63) is 29.2 Å². The number of aromatic nitrogens is 1. The van der Waals surface area contributed by atoms with Crippen molar-refractivity contribution in [1.29, 1.82) is 5.26 Å². The van der Waals surface area contributed by atoms with Crippen LogP contribution in [0.2, 0.25) is 0 Å². The minimum atomic E-state index is 0.229. The molecule has 5 heteroatoms. The lowest BCUT2D eigenvalue weighted by Crippen LogP contribution is -2.48. The van der Waals surface area contributed by atoms with Crippen molar-refractivity contribution >= 4 is 6.08 Å². The van der Waals surface area contributed by atoms with Gasteiger partial charge >= 0.3 is 0 Å². The number of nitrogens with one attached hydrogen (secondary N) is 2. The van der Waals surface area contributed by atoms with E-state index in [4.69, 9.17) is 0 Å². The summed E-state index contributed by atoms with van der Waals surface area (Å²) in [5, 5.41) is 12.6. The van der Waals surface area contributed by atoms with Crippen LogP contribution in [0.25, 0.3) is 6.08 Å². The maximum Gasteiger partial charge on any atom is 0.118 e. The number of H-pyrrole nitrogens is 1. The van der Waals surface area contributed by atoms with Crippen LogP contribution in [0.5, 0.6) is 0 Å². The molecule has 1 saturated heterocycles. The molecule has 3 heterocycles. The van der Waals surface area contributed by atoms with Gasteiger partial charge in [-0.25, -0.2) is 0 Å². The second kappa shape index (κ2) is 6.38. The second-order valence-electron chi connectivity index (χ2n) is 7.78. The van der Waals surface area contributed by atoms with Crippen LogP contribution >= 0.6 is 0 Å². The molecule has 3 rings (SSSR count). The molecule has 0 bridgehead atoms. The van der Waals surface area contributed by atoms with E-state index in [1.54, 1.807) is 0 Å². The predicted molar refractivity (Wildman–Crippen MR) is 92.5 cm³/mol. The molecule has 0 amide bonds.